The third-order valence-corrected chi connectivity index (χ3v) is 10.6. The molecule has 0 aliphatic rings. The first-order chi connectivity index (χ1) is 27.9. The van der Waals surface area contributed by atoms with Crippen LogP contribution in [0.15, 0.2) is 182 Å². The van der Waals surface area contributed by atoms with Crippen molar-refractivity contribution in [2.75, 3.05) is 0 Å². The first-order valence-corrected chi connectivity index (χ1v) is 19.2. The van der Waals surface area contributed by atoms with Crippen LogP contribution in [0.2, 0.25) is 0 Å². The van der Waals surface area contributed by atoms with Gasteiger partial charge in [-0.3, -0.25) is 18.7 Å². The Hall–Kier alpha value is -7.31. The molecular formula is C51H39N5O. The highest BCUT2D eigenvalue weighted by Crippen LogP contribution is 2.37. The Labute approximate surface area is 331 Å². The van der Waals surface area contributed by atoms with Crippen LogP contribution in [0.5, 0.6) is 11.5 Å². The van der Waals surface area contributed by atoms with Gasteiger partial charge in [-0.15, -0.1) is 0 Å². The summed E-state index contributed by atoms with van der Waals surface area (Å²) in [5, 5.41) is 2.32. The van der Waals surface area contributed by atoms with Gasteiger partial charge in [0.2, 0.25) is 0 Å². The van der Waals surface area contributed by atoms with E-state index in [1.165, 1.54) is 10.9 Å². The van der Waals surface area contributed by atoms with Gasteiger partial charge in [-0.25, -0.2) is 4.98 Å². The SMILES string of the molecule is CC(C)(C)c1ccnc(-n2c3ccccc3c3ccc(Oc4cccc(-n5[c-][n+](-c6c(-c7ccccc7)ccnc6-c6ccccc6)c6ccccc65)c4)cc32)c1. The van der Waals surface area contributed by atoms with Crippen LogP contribution in [0.25, 0.3) is 72.4 Å². The molecule has 10 rings (SSSR count). The lowest BCUT2D eigenvalue weighted by molar-refractivity contribution is -0.571. The average molecular weight is 738 g/mol. The number of benzene rings is 6. The van der Waals surface area contributed by atoms with Crippen molar-refractivity contribution in [2.24, 2.45) is 0 Å². The zero-order valence-corrected chi connectivity index (χ0v) is 32.0. The van der Waals surface area contributed by atoms with Crippen LogP contribution in [-0.4, -0.2) is 19.1 Å². The topological polar surface area (TPSA) is 48.8 Å². The van der Waals surface area contributed by atoms with Crippen LogP contribution >= 0.6 is 0 Å². The number of ether oxygens (including phenoxy) is 1. The molecule has 0 saturated heterocycles. The summed E-state index contributed by atoms with van der Waals surface area (Å²) in [6, 6.07) is 58.7. The lowest BCUT2D eigenvalue weighted by Crippen LogP contribution is -2.32. The van der Waals surface area contributed by atoms with E-state index in [1.54, 1.807) is 0 Å². The standard InChI is InChI=1S/C51H39N5O/c1-51(2,3)37-27-29-52-48(31-37)56-44-22-11-10-21-42(44)43-26-25-40(33-47(43)56)57-39-20-14-19-38(32-39)54-34-55(46-24-13-12-23-45(46)54)50-41(35-15-6-4-7-16-35)28-30-53-49(50)36-17-8-5-9-18-36/h4-33H,1-3H3. The molecule has 0 unspecified atom stereocenters. The van der Waals surface area contributed by atoms with Crippen molar-refractivity contribution >= 4 is 32.8 Å². The van der Waals surface area contributed by atoms with Crippen LogP contribution in [-0.2, 0) is 5.41 Å². The highest BCUT2D eigenvalue weighted by Gasteiger charge is 2.21. The van der Waals surface area contributed by atoms with Crippen molar-refractivity contribution in [1.82, 2.24) is 19.1 Å². The largest absolute Gasteiger partial charge is 0.458 e. The lowest BCUT2D eigenvalue weighted by atomic mass is 9.88. The van der Waals surface area contributed by atoms with Gasteiger partial charge in [0.25, 0.3) is 6.33 Å². The van der Waals surface area contributed by atoms with Gasteiger partial charge < -0.3 is 4.74 Å². The molecular weight excluding hydrogens is 699 g/mol. The minimum atomic E-state index is -0.0101. The molecule has 0 atom stereocenters. The molecule has 0 N–H and O–H groups in total. The zero-order valence-electron chi connectivity index (χ0n) is 32.0. The molecule has 6 nitrogen and oxygen atoms in total. The van der Waals surface area contributed by atoms with Gasteiger partial charge >= 0.3 is 0 Å². The first-order valence-electron chi connectivity index (χ1n) is 19.2. The van der Waals surface area contributed by atoms with Crippen molar-refractivity contribution in [1.29, 1.82) is 0 Å². The van der Waals surface area contributed by atoms with E-state index in [0.29, 0.717) is 0 Å². The van der Waals surface area contributed by atoms with E-state index in [0.717, 1.165) is 78.5 Å². The Kier molecular flexibility index (Phi) is 8.26. The summed E-state index contributed by atoms with van der Waals surface area (Å²) >= 11 is 0. The third-order valence-electron chi connectivity index (χ3n) is 10.6. The van der Waals surface area contributed by atoms with Crippen molar-refractivity contribution in [3.63, 3.8) is 0 Å². The first kappa shape index (κ1) is 34.2. The fraction of sp³-hybridized carbons (Fsp3) is 0.0784. The van der Waals surface area contributed by atoms with Gasteiger partial charge in [0.1, 0.15) is 23.0 Å². The number of para-hydroxylation sites is 3. The number of hydrogen-bond donors (Lipinski definition) is 0. The fourth-order valence-corrected chi connectivity index (χ4v) is 7.85. The zero-order chi connectivity index (χ0) is 38.5. The monoisotopic (exact) mass is 737 g/mol. The smallest absolute Gasteiger partial charge is 0.269 e. The number of rotatable bonds is 7. The highest BCUT2D eigenvalue weighted by molar-refractivity contribution is 6.09. The second-order valence-corrected chi connectivity index (χ2v) is 15.3. The van der Waals surface area contributed by atoms with Crippen molar-refractivity contribution < 1.29 is 9.30 Å². The van der Waals surface area contributed by atoms with Crippen LogP contribution < -0.4 is 9.30 Å². The van der Waals surface area contributed by atoms with Crippen molar-refractivity contribution in [3.8, 4) is 51.1 Å². The quantitative estimate of drug-likeness (QED) is 0.121. The minimum Gasteiger partial charge on any atom is -0.458 e. The molecule has 0 aliphatic heterocycles. The van der Waals surface area contributed by atoms with Gasteiger partial charge in [0.15, 0.2) is 0 Å². The molecule has 4 aromatic heterocycles. The molecule has 57 heavy (non-hydrogen) atoms. The molecule has 0 aliphatic carbocycles. The van der Waals surface area contributed by atoms with E-state index in [2.05, 4.69) is 186 Å². The molecule has 0 fully saturated rings. The Morgan fingerprint density at radius 1 is 0.561 bits per heavy atom. The van der Waals surface area contributed by atoms with Crippen LogP contribution in [0.4, 0.5) is 0 Å². The number of pyridine rings is 2. The molecule has 10 aromatic rings. The second-order valence-electron chi connectivity index (χ2n) is 15.3. The summed E-state index contributed by atoms with van der Waals surface area (Å²) in [6.07, 6.45) is 7.54. The van der Waals surface area contributed by atoms with E-state index in [1.807, 2.05) is 36.7 Å². The van der Waals surface area contributed by atoms with Gasteiger partial charge in [-0.2, -0.15) is 0 Å². The Bertz CT molecular complexity index is 3030. The summed E-state index contributed by atoms with van der Waals surface area (Å²) in [5.41, 5.74) is 11.4. The van der Waals surface area contributed by atoms with Crippen LogP contribution in [0.1, 0.15) is 26.3 Å². The van der Waals surface area contributed by atoms with Gasteiger partial charge in [-0.05, 0) is 82.3 Å². The molecule has 6 aromatic carbocycles. The van der Waals surface area contributed by atoms with E-state index in [4.69, 9.17) is 14.7 Å². The Morgan fingerprint density at radius 2 is 1.25 bits per heavy atom. The lowest BCUT2D eigenvalue weighted by Gasteiger charge is -2.20. The number of hydrogen-bond acceptors (Lipinski definition) is 3. The molecule has 0 saturated carbocycles. The average Bonchev–Trinajstić information content (AvgIpc) is 3.80. The number of imidazole rings is 1. The predicted octanol–water partition coefficient (Wildman–Crippen LogP) is 12.0. The van der Waals surface area contributed by atoms with E-state index >= 15 is 0 Å². The summed E-state index contributed by atoms with van der Waals surface area (Å²) < 4.78 is 13.2. The minimum absolute atomic E-state index is 0.0101. The van der Waals surface area contributed by atoms with Crippen LogP contribution in [0.3, 0.4) is 0 Å². The molecule has 6 heteroatoms. The predicted molar refractivity (Wildman–Crippen MR) is 230 cm³/mol. The summed E-state index contributed by atoms with van der Waals surface area (Å²) in [7, 11) is 0. The molecule has 0 bridgehead atoms. The number of nitrogens with zero attached hydrogens (tertiary/aromatic N) is 5. The Morgan fingerprint density at radius 3 is 2.05 bits per heavy atom. The van der Waals surface area contributed by atoms with E-state index in [9.17, 15) is 0 Å². The summed E-state index contributed by atoms with van der Waals surface area (Å²) in [5.74, 6) is 2.34. The second kappa shape index (κ2) is 13.8. The summed E-state index contributed by atoms with van der Waals surface area (Å²) in [4.78, 5) is 9.82. The van der Waals surface area contributed by atoms with Gasteiger partial charge in [0, 0.05) is 29.2 Å². The van der Waals surface area contributed by atoms with Crippen molar-refractivity contribution in [3.05, 3.63) is 194 Å². The fourth-order valence-electron chi connectivity index (χ4n) is 7.85. The maximum absolute atomic E-state index is 6.69. The van der Waals surface area contributed by atoms with E-state index in [-0.39, 0.29) is 5.41 Å². The third kappa shape index (κ3) is 6.12. The maximum Gasteiger partial charge on any atom is 0.269 e. The molecule has 0 radical (unpaired) electrons. The van der Waals surface area contributed by atoms with Crippen LogP contribution in [0, 0.1) is 6.33 Å². The molecule has 0 spiro atoms. The summed E-state index contributed by atoms with van der Waals surface area (Å²) in [6.45, 7) is 6.69. The van der Waals surface area contributed by atoms with Crippen molar-refractivity contribution in [2.45, 2.75) is 26.2 Å². The molecule has 274 valence electrons. The maximum atomic E-state index is 6.69. The highest BCUT2D eigenvalue weighted by atomic mass is 16.5. The van der Waals surface area contributed by atoms with Gasteiger partial charge in [-0.1, -0.05) is 130 Å². The normalized spacial score (nSPS) is 11.8. The van der Waals surface area contributed by atoms with Gasteiger partial charge in [0.05, 0.1) is 33.4 Å². The van der Waals surface area contributed by atoms with E-state index < -0.39 is 0 Å². The number of fused-ring (bicyclic) bond motifs is 4. The molecule has 4 heterocycles. The molecule has 0 amide bonds. The Balaban J connectivity index is 1.08. The number of aromatic nitrogens is 5.